The molecule has 208 valence electrons. The molecule has 3 fully saturated rings. The SMILES string of the molecule is C=CCN(C(=O)[C@H]1N([C@H](CO)c2ccccc2)C(=O)[C@@H]2[C@@H](C(=O)O)[C@@H]3O[C@@]21CC3Br)C(C)(C)CC(C)(C)C. The van der Waals surface area contributed by atoms with E-state index in [4.69, 9.17) is 4.74 Å². The molecule has 8 nitrogen and oxygen atoms in total. The summed E-state index contributed by atoms with van der Waals surface area (Å²) in [5, 5.41) is 20.7. The molecular formula is C29H39BrN2O6. The van der Waals surface area contributed by atoms with Crippen LogP contribution in [0.1, 0.15) is 59.1 Å². The van der Waals surface area contributed by atoms with Crippen LogP contribution in [0.3, 0.4) is 0 Å². The molecule has 1 aromatic carbocycles. The Morgan fingerprint density at radius 2 is 1.89 bits per heavy atom. The van der Waals surface area contributed by atoms with Crippen molar-refractivity contribution in [1.82, 2.24) is 9.80 Å². The second-order valence-electron chi connectivity index (χ2n) is 12.6. The molecule has 4 rings (SSSR count). The number of aliphatic hydroxyl groups excluding tert-OH is 1. The third-order valence-electron chi connectivity index (χ3n) is 8.21. The first-order chi connectivity index (χ1) is 17.7. The molecule has 2 bridgehead atoms. The van der Waals surface area contributed by atoms with Gasteiger partial charge in [-0.25, -0.2) is 0 Å². The number of aliphatic carboxylic acids is 1. The minimum atomic E-state index is -1.32. The fourth-order valence-electron chi connectivity index (χ4n) is 7.30. The number of ether oxygens (including phenoxy) is 1. The van der Waals surface area contributed by atoms with Crippen LogP contribution < -0.4 is 0 Å². The van der Waals surface area contributed by atoms with Crippen molar-refractivity contribution in [2.24, 2.45) is 17.3 Å². The number of benzene rings is 1. The normalized spacial score (nSPS) is 31.3. The highest BCUT2D eigenvalue weighted by Crippen LogP contribution is 2.61. The Labute approximate surface area is 233 Å². The Kier molecular flexibility index (Phi) is 7.62. The van der Waals surface area contributed by atoms with Gasteiger partial charge in [0.2, 0.25) is 11.8 Å². The maximum atomic E-state index is 14.7. The number of carbonyl (C=O) groups excluding carboxylic acids is 2. The summed E-state index contributed by atoms with van der Waals surface area (Å²) in [6.07, 6.45) is 1.94. The molecule has 9 heteroatoms. The molecule has 1 spiro atoms. The maximum Gasteiger partial charge on any atom is 0.310 e. The van der Waals surface area contributed by atoms with Crippen LogP contribution in [0, 0.1) is 17.3 Å². The van der Waals surface area contributed by atoms with Crippen LogP contribution >= 0.6 is 15.9 Å². The number of carboxylic acids is 1. The number of alkyl halides is 1. The summed E-state index contributed by atoms with van der Waals surface area (Å²) < 4.78 is 6.43. The number of likely N-dealkylation sites (tertiary alicyclic amines) is 1. The highest BCUT2D eigenvalue weighted by atomic mass is 79.9. The molecular weight excluding hydrogens is 552 g/mol. The summed E-state index contributed by atoms with van der Waals surface area (Å²) in [5.41, 5.74) is -1.36. The maximum absolute atomic E-state index is 14.7. The van der Waals surface area contributed by atoms with Gasteiger partial charge in [-0.05, 0) is 37.7 Å². The minimum Gasteiger partial charge on any atom is -0.481 e. The van der Waals surface area contributed by atoms with Crippen molar-refractivity contribution in [1.29, 1.82) is 0 Å². The monoisotopic (exact) mass is 590 g/mol. The molecule has 0 saturated carbocycles. The molecule has 3 heterocycles. The molecule has 3 saturated heterocycles. The fourth-order valence-corrected chi connectivity index (χ4v) is 8.24. The van der Waals surface area contributed by atoms with Gasteiger partial charge in [0.25, 0.3) is 0 Å². The van der Waals surface area contributed by atoms with Crippen molar-refractivity contribution in [2.45, 2.75) is 81.6 Å². The topological polar surface area (TPSA) is 107 Å². The molecule has 1 aromatic rings. The zero-order valence-corrected chi connectivity index (χ0v) is 24.3. The summed E-state index contributed by atoms with van der Waals surface area (Å²) in [5.74, 6) is -4.03. The smallest absolute Gasteiger partial charge is 0.310 e. The van der Waals surface area contributed by atoms with E-state index in [1.165, 1.54) is 4.90 Å². The Morgan fingerprint density at radius 1 is 1.26 bits per heavy atom. The van der Waals surface area contributed by atoms with E-state index in [9.17, 15) is 24.6 Å². The first kappa shape index (κ1) is 28.8. The lowest BCUT2D eigenvalue weighted by molar-refractivity contribution is -0.156. The molecule has 0 radical (unpaired) electrons. The number of carboxylic acid groups (broad SMARTS) is 1. The Hall–Kier alpha value is -2.23. The standard InChI is InChI=1S/C29H39BrN2O6/c1-7-13-31(28(5,6)16-27(2,3)4)25(35)23-29-14-18(30)22(38-29)20(26(36)37)21(29)24(34)32(23)19(15-33)17-11-9-8-10-12-17/h7-12,18-23,33H,1,13-16H2,2-6H3,(H,36,37)/t18?,19-,20-,21+,22-,23-,29+/m1/s1. The molecule has 3 aliphatic rings. The van der Waals surface area contributed by atoms with E-state index in [-0.39, 0.29) is 22.7 Å². The molecule has 38 heavy (non-hydrogen) atoms. The summed E-state index contributed by atoms with van der Waals surface area (Å²) >= 11 is 3.59. The third-order valence-corrected chi connectivity index (χ3v) is 9.06. The zero-order chi connectivity index (χ0) is 28.2. The van der Waals surface area contributed by atoms with Crippen LogP contribution in [0.5, 0.6) is 0 Å². The largest absolute Gasteiger partial charge is 0.481 e. The summed E-state index contributed by atoms with van der Waals surface area (Å²) in [6, 6.07) is 7.11. The van der Waals surface area contributed by atoms with Crippen molar-refractivity contribution in [2.75, 3.05) is 13.2 Å². The Morgan fingerprint density at radius 3 is 2.42 bits per heavy atom. The fraction of sp³-hybridized carbons (Fsp3) is 0.621. The number of rotatable bonds is 9. The van der Waals surface area contributed by atoms with Crippen LogP contribution in [-0.2, 0) is 19.1 Å². The quantitative estimate of drug-likeness (QED) is 0.335. The first-order valence-electron chi connectivity index (χ1n) is 13.2. The number of hydrogen-bond acceptors (Lipinski definition) is 5. The number of aliphatic hydroxyl groups is 1. The van der Waals surface area contributed by atoms with Crippen molar-refractivity contribution in [3.05, 3.63) is 48.6 Å². The number of carbonyl (C=O) groups is 3. The summed E-state index contributed by atoms with van der Waals surface area (Å²) in [4.78, 5) is 44.2. The van der Waals surface area contributed by atoms with Gasteiger partial charge in [-0.1, -0.05) is 73.1 Å². The van der Waals surface area contributed by atoms with E-state index in [0.717, 1.165) is 0 Å². The molecule has 3 aliphatic heterocycles. The van der Waals surface area contributed by atoms with Gasteiger partial charge >= 0.3 is 5.97 Å². The highest BCUT2D eigenvalue weighted by Gasteiger charge is 2.77. The predicted octanol–water partition coefficient (Wildman–Crippen LogP) is 3.78. The summed E-state index contributed by atoms with van der Waals surface area (Å²) in [6.45, 7) is 14.0. The summed E-state index contributed by atoms with van der Waals surface area (Å²) in [7, 11) is 0. The van der Waals surface area contributed by atoms with E-state index in [2.05, 4.69) is 43.3 Å². The van der Waals surface area contributed by atoms with Crippen LogP contribution in [0.2, 0.25) is 0 Å². The van der Waals surface area contributed by atoms with Gasteiger partial charge in [0, 0.05) is 16.9 Å². The van der Waals surface area contributed by atoms with Crippen molar-refractivity contribution in [3.8, 4) is 0 Å². The van der Waals surface area contributed by atoms with Gasteiger partial charge in [0.15, 0.2) is 0 Å². The zero-order valence-electron chi connectivity index (χ0n) is 22.8. The van der Waals surface area contributed by atoms with Crippen LogP contribution in [-0.4, -0.2) is 79.1 Å². The van der Waals surface area contributed by atoms with Gasteiger partial charge in [0.05, 0.1) is 30.6 Å². The number of halogens is 1. The van der Waals surface area contributed by atoms with Crippen LogP contribution in [0.4, 0.5) is 0 Å². The van der Waals surface area contributed by atoms with Gasteiger partial charge in [-0.15, -0.1) is 6.58 Å². The van der Waals surface area contributed by atoms with E-state index in [1.807, 2.05) is 32.0 Å². The van der Waals surface area contributed by atoms with Crippen molar-refractivity contribution < 1.29 is 29.3 Å². The molecule has 1 unspecified atom stereocenters. The Bertz CT molecular complexity index is 1100. The lowest BCUT2D eigenvalue weighted by Crippen LogP contribution is -2.61. The van der Waals surface area contributed by atoms with E-state index < -0.39 is 59.6 Å². The molecule has 0 aromatic heterocycles. The van der Waals surface area contributed by atoms with Gasteiger partial charge in [-0.2, -0.15) is 0 Å². The van der Waals surface area contributed by atoms with Gasteiger partial charge in [0.1, 0.15) is 11.6 Å². The van der Waals surface area contributed by atoms with E-state index >= 15 is 0 Å². The van der Waals surface area contributed by atoms with Gasteiger partial charge < -0.3 is 24.7 Å². The average molecular weight is 592 g/mol. The highest BCUT2D eigenvalue weighted by molar-refractivity contribution is 9.09. The van der Waals surface area contributed by atoms with Crippen LogP contribution in [0.25, 0.3) is 0 Å². The number of amides is 2. The van der Waals surface area contributed by atoms with Gasteiger partial charge in [-0.3, -0.25) is 14.4 Å². The molecule has 7 atom stereocenters. The minimum absolute atomic E-state index is 0.0927. The molecule has 2 N–H and O–H groups in total. The second-order valence-corrected chi connectivity index (χ2v) is 13.8. The van der Waals surface area contributed by atoms with Crippen LogP contribution in [0.15, 0.2) is 43.0 Å². The molecule has 2 amide bonds. The number of hydrogen-bond donors (Lipinski definition) is 2. The van der Waals surface area contributed by atoms with E-state index in [1.54, 1.807) is 23.1 Å². The average Bonchev–Trinajstić information content (AvgIpc) is 3.40. The molecule has 0 aliphatic carbocycles. The second kappa shape index (κ2) is 10.1. The van der Waals surface area contributed by atoms with Crippen molar-refractivity contribution in [3.63, 3.8) is 0 Å². The number of nitrogens with zero attached hydrogens (tertiary/aromatic N) is 2. The lowest BCUT2D eigenvalue weighted by Gasteiger charge is -2.46. The van der Waals surface area contributed by atoms with Crippen molar-refractivity contribution >= 4 is 33.7 Å². The third kappa shape index (κ3) is 4.60. The Balaban J connectivity index is 1.88. The van der Waals surface area contributed by atoms with E-state index in [0.29, 0.717) is 18.4 Å². The lowest BCUT2D eigenvalue weighted by atomic mass is 9.70. The number of fused-ring (bicyclic) bond motifs is 1. The first-order valence-corrected chi connectivity index (χ1v) is 14.1. The predicted molar refractivity (Wildman–Crippen MR) is 147 cm³/mol.